The monoisotopic (exact) mass is 586 g/mol. The minimum absolute atomic E-state index is 0.00573. The molecule has 3 rings (SSSR count). The van der Waals surface area contributed by atoms with Crippen molar-refractivity contribution < 1.29 is 39.4 Å². The van der Waals surface area contributed by atoms with Crippen molar-refractivity contribution in [3.63, 3.8) is 0 Å². The summed E-state index contributed by atoms with van der Waals surface area (Å²) in [4.78, 5) is 14.1. The maximum absolute atomic E-state index is 14.1. The number of piperidine rings is 1. The van der Waals surface area contributed by atoms with E-state index in [0.29, 0.717) is 51.0 Å². The van der Waals surface area contributed by atoms with Crippen molar-refractivity contribution in [1.29, 1.82) is 0 Å². The van der Waals surface area contributed by atoms with Gasteiger partial charge in [-0.05, 0) is 107 Å². The molecule has 10 heteroatoms. The molecule has 0 aromatic rings. The summed E-state index contributed by atoms with van der Waals surface area (Å²) in [5, 5.41) is 45.8. The molecule has 1 saturated heterocycles. The number of nitrogens with two attached hydrogens (primary N) is 1. The van der Waals surface area contributed by atoms with Crippen LogP contribution >= 0.6 is 0 Å². The predicted molar refractivity (Wildman–Crippen MR) is 156 cm³/mol. The van der Waals surface area contributed by atoms with Crippen LogP contribution in [0.25, 0.3) is 0 Å². The molecule has 1 heterocycles. The molecule has 41 heavy (non-hydrogen) atoms. The predicted octanol–water partition coefficient (Wildman–Crippen LogP) is 1.74. The summed E-state index contributed by atoms with van der Waals surface area (Å²) in [7, 11) is 4.86. The lowest BCUT2D eigenvalue weighted by Gasteiger charge is -2.40. The van der Waals surface area contributed by atoms with E-state index in [1.807, 2.05) is 0 Å². The largest absolute Gasteiger partial charge is 0.392 e. The number of rotatable bonds is 16. The van der Waals surface area contributed by atoms with Crippen LogP contribution in [0.4, 0.5) is 0 Å². The Bertz CT molecular complexity index is 760. The average Bonchev–Trinajstić information content (AvgIpc) is 2.96. The Morgan fingerprint density at radius 3 is 2.32 bits per heavy atom. The van der Waals surface area contributed by atoms with Crippen LogP contribution in [0.2, 0.25) is 0 Å². The Morgan fingerprint density at radius 2 is 1.63 bits per heavy atom. The van der Waals surface area contributed by atoms with Crippen LogP contribution in [0.5, 0.6) is 0 Å². The summed E-state index contributed by atoms with van der Waals surface area (Å²) in [6.45, 7) is 1.40. The molecule has 0 aromatic heterocycles. The van der Waals surface area contributed by atoms with Crippen LogP contribution in [0.1, 0.15) is 83.5 Å². The second-order valence-corrected chi connectivity index (χ2v) is 13.0. The highest BCUT2D eigenvalue weighted by molar-refractivity contribution is 5.82. The van der Waals surface area contributed by atoms with E-state index in [4.69, 9.17) is 19.9 Å². The fourth-order valence-corrected chi connectivity index (χ4v) is 7.86. The second kappa shape index (κ2) is 17.6. The van der Waals surface area contributed by atoms with Gasteiger partial charge in [0.05, 0.1) is 36.7 Å². The van der Waals surface area contributed by atoms with E-state index in [-0.39, 0.29) is 35.8 Å². The molecule has 3 fully saturated rings. The molecular weight excluding hydrogens is 528 g/mol. The Morgan fingerprint density at radius 1 is 0.902 bits per heavy atom. The lowest BCUT2D eigenvalue weighted by molar-refractivity contribution is -0.133. The minimum Gasteiger partial charge on any atom is -0.392 e. The Labute approximate surface area is 246 Å². The van der Waals surface area contributed by atoms with Gasteiger partial charge in [-0.1, -0.05) is 0 Å². The third-order valence-electron chi connectivity index (χ3n) is 10.3. The molecule has 12 unspecified atom stereocenters. The van der Waals surface area contributed by atoms with Gasteiger partial charge in [-0.3, -0.25) is 4.79 Å². The number of carbonyl (C=O) groups excluding carboxylic acids is 1. The van der Waals surface area contributed by atoms with Crippen LogP contribution < -0.4 is 11.1 Å². The Kier molecular flexibility index (Phi) is 14.9. The maximum Gasteiger partial charge on any atom is 0.138 e. The molecule has 1 aliphatic heterocycles. The van der Waals surface area contributed by atoms with Gasteiger partial charge in [-0.2, -0.15) is 0 Å². The normalized spacial score (nSPS) is 36.9. The van der Waals surface area contributed by atoms with Crippen molar-refractivity contribution in [2.24, 2.45) is 35.3 Å². The maximum atomic E-state index is 14.1. The number of hydrogen-bond acceptors (Lipinski definition) is 10. The van der Waals surface area contributed by atoms with E-state index in [1.54, 1.807) is 14.2 Å². The van der Waals surface area contributed by atoms with E-state index < -0.39 is 36.4 Å². The highest BCUT2D eigenvalue weighted by Crippen LogP contribution is 2.39. The van der Waals surface area contributed by atoms with Crippen LogP contribution in [0.15, 0.2) is 0 Å². The average molecular weight is 587 g/mol. The van der Waals surface area contributed by atoms with Crippen LogP contribution in [0, 0.1) is 29.6 Å². The van der Waals surface area contributed by atoms with Crippen molar-refractivity contribution in [3.8, 4) is 0 Å². The first-order chi connectivity index (χ1) is 19.7. The smallest absolute Gasteiger partial charge is 0.138 e. The summed E-state index contributed by atoms with van der Waals surface area (Å²) in [5.74, 6) is 0.237. The van der Waals surface area contributed by atoms with E-state index in [1.165, 1.54) is 7.11 Å². The highest BCUT2D eigenvalue weighted by atomic mass is 16.5. The van der Waals surface area contributed by atoms with Gasteiger partial charge in [0.15, 0.2) is 0 Å². The third-order valence-corrected chi connectivity index (χ3v) is 10.3. The molecule has 0 aromatic carbocycles. The molecule has 0 radical (unpaired) electrons. The van der Waals surface area contributed by atoms with Gasteiger partial charge in [0.25, 0.3) is 0 Å². The van der Waals surface area contributed by atoms with Gasteiger partial charge in [-0.15, -0.1) is 0 Å². The van der Waals surface area contributed by atoms with Gasteiger partial charge >= 0.3 is 0 Å². The molecule has 240 valence electrons. The number of aliphatic hydroxyl groups is 4. The fraction of sp³-hybridized carbons (Fsp3) is 0.968. The number of aliphatic hydroxyl groups excluding tert-OH is 4. The molecule has 2 aliphatic carbocycles. The van der Waals surface area contributed by atoms with Crippen LogP contribution in [-0.2, 0) is 19.0 Å². The Hall–Kier alpha value is -0.690. The molecule has 10 nitrogen and oxygen atoms in total. The molecular formula is C31H58N2O8. The van der Waals surface area contributed by atoms with Crippen molar-refractivity contribution >= 4 is 5.78 Å². The zero-order valence-electron chi connectivity index (χ0n) is 25.5. The van der Waals surface area contributed by atoms with Gasteiger partial charge in [0.1, 0.15) is 11.9 Å². The van der Waals surface area contributed by atoms with Crippen molar-refractivity contribution in [2.45, 2.75) is 126 Å². The van der Waals surface area contributed by atoms with E-state index in [0.717, 1.165) is 51.5 Å². The van der Waals surface area contributed by atoms with Gasteiger partial charge in [0.2, 0.25) is 0 Å². The molecule has 7 N–H and O–H groups in total. The summed E-state index contributed by atoms with van der Waals surface area (Å²) in [6.07, 6.45) is 5.21. The van der Waals surface area contributed by atoms with Crippen LogP contribution in [-0.4, -0.2) is 103 Å². The summed E-state index contributed by atoms with van der Waals surface area (Å²) < 4.78 is 16.2. The number of methoxy groups -OCH3 is 3. The van der Waals surface area contributed by atoms with E-state index >= 15 is 0 Å². The summed E-state index contributed by atoms with van der Waals surface area (Å²) in [6, 6.07) is 0. The minimum atomic E-state index is -0.908. The highest BCUT2D eigenvalue weighted by Gasteiger charge is 2.41. The van der Waals surface area contributed by atoms with Gasteiger partial charge in [0, 0.05) is 40.3 Å². The number of carbonyl (C=O) groups is 1. The quantitative estimate of drug-likeness (QED) is 0.147. The number of ether oxygens (including phenoxy) is 3. The zero-order valence-corrected chi connectivity index (χ0v) is 25.5. The Balaban J connectivity index is 1.74. The zero-order chi connectivity index (χ0) is 29.9. The van der Waals surface area contributed by atoms with E-state index in [2.05, 4.69) is 5.32 Å². The first-order valence-corrected chi connectivity index (χ1v) is 16.0. The topological polar surface area (TPSA) is 164 Å². The molecule has 2 saturated carbocycles. The second-order valence-electron chi connectivity index (χ2n) is 13.0. The van der Waals surface area contributed by atoms with Gasteiger partial charge < -0.3 is 45.7 Å². The molecule has 3 aliphatic rings. The molecule has 0 spiro atoms. The number of nitrogens with one attached hydrogen (secondary N) is 1. The lowest BCUT2D eigenvalue weighted by atomic mass is 9.68. The first kappa shape index (κ1) is 34.8. The fourth-order valence-electron chi connectivity index (χ4n) is 7.86. The van der Waals surface area contributed by atoms with Crippen LogP contribution in [0.3, 0.4) is 0 Å². The standard InChI is InChI=1S/C31H58N2O8/c1-39-14-4-5-22(21-12-13-33-29(32)18-21)30(24(35)10-7-19-6-9-23(34)27(16-19)40-2)25(36)11-8-20-15-26(37)31(38)28(17-20)41-3/h19-24,26-31,33-35,37-38H,4-18,32H2,1-3H3. The SMILES string of the molecule is COCCCC(C1CCNC(N)C1)C(C(=O)CCC1CC(O)C(O)C(OC)C1)C(O)CCC1CCC(O)C(OC)C1. The molecule has 12 atom stereocenters. The third kappa shape index (κ3) is 10.2. The molecule has 0 amide bonds. The molecule has 0 bridgehead atoms. The summed E-state index contributed by atoms with van der Waals surface area (Å²) in [5.41, 5.74) is 6.30. The van der Waals surface area contributed by atoms with E-state index in [9.17, 15) is 25.2 Å². The number of Topliss-reactive ketones (excluding diaryl/α,β-unsaturated/α-hetero) is 1. The van der Waals surface area contributed by atoms with Crippen molar-refractivity contribution in [3.05, 3.63) is 0 Å². The number of ketones is 1. The lowest BCUT2D eigenvalue weighted by Crippen LogP contribution is -2.48. The first-order valence-electron chi connectivity index (χ1n) is 16.0. The van der Waals surface area contributed by atoms with Crippen molar-refractivity contribution in [1.82, 2.24) is 5.32 Å². The number of hydrogen-bond donors (Lipinski definition) is 6. The summed E-state index contributed by atoms with van der Waals surface area (Å²) >= 11 is 0. The van der Waals surface area contributed by atoms with Gasteiger partial charge in [-0.25, -0.2) is 0 Å². The van der Waals surface area contributed by atoms with Crippen molar-refractivity contribution in [2.75, 3.05) is 34.5 Å².